The van der Waals surface area contributed by atoms with Crippen LogP contribution in [-0.4, -0.2) is 193 Å². The monoisotopic (exact) mass is 1050 g/mol. The molecule has 3 heterocycles. The number of carbonyl (C=O) groups excluding carboxylic acids is 1. The van der Waals surface area contributed by atoms with E-state index >= 15 is 0 Å². The molecule has 0 aromatic rings. The molecule has 0 aromatic carbocycles. The maximum atomic E-state index is 13.1. The Morgan fingerprint density at radius 3 is 1.29 bits per heavy atom. The number of unbranched alkanes of at least 4 members (excludes halogenated alkanes) is 25. The zero-order valence-electron chi connectivity index (χ0n) is 44.4. The summed E-state index contributed by atoms with van der Waals surface area (Å²) in [5, 5.41) is 120. The minimum Gasteiger partial charge on any atom is -0.394 e. The minimum atomic E-state index is -1.97. The lowest BCUT2D eigenvalue weighted by atomic mass is 9.96. The van der Waals surface area contributed by atoms with Crippen molar-refractivity contribution in [1.82, 2.24) is 5.32 Å². The van der Waals surface area contributed by atoms with E-state index in [-0.39, 0.29) is 18.9 Å². The van der Waals surface area contributed by atoms with Gasteiger partial charge in [0.1, 0.15) is 73.2 Å². The van der Waals surface area contributed by atoms with Gasteiger partial charge in [-0.25, -0.2) is 0 Å². The van der Waals surface area contributed by atoms with Crippen molar-refractivity contribution in [3.8, 4) is 0 Å². The Labute approximate surface area is 436 Å². The first-order valence-corrected chi connectivity index (χ1v) is 28.4. The molecule has 19 nitrogen and oxygen atoms in total. The molecule has 73 heavy (non-hydrogen) atoms. The summed E-state index contributed by atoms with van der Waals surface area (Å²) in [6.07, 6.45) is 9.73. The molecule has 3 aliphatic heterocycles. The van der Waals surface area contributed by atoms with Crippen LogP contribution < -0.4 is 5.32 Å². The van der Waals surface area contributed by atoms with Crippen LogP contribution in [0.15, 0.2) is 12.2 Å². The Balaban J connectivity index is 1.45. The highest BCUT2D eigenvalue weighted by atomic mass is 16.8. The predicted molar refractivity (Wildman–Crippen MR) is 273 cm³/mol. The summed E-state index contributed by atoms with van der Waals surface area (Å²) in [7, 11) is 0. The van der Waals surface area contributed by atoms with Crippen LogP contribution in [0.4, 0.5) is 0 Å². The highest BCUT2D eigenvalue weighted by Gasteiger charge is 2.53. The van der Waals surface area contributed by atoms with Crippen LogP contribution in [-0.2, 0) is 33.2 Å². The van der Waals surface area contributed by atoms with Crippen LogP contribution in [0.25, 0.3) is 0 Å². The Morgan fingerprint density at radius 1 is 0.479 bits per heavy atom. The molecule has 3 saturated heterocycles. The second kappa shape index (κ2) is 39.0. The number of hydrogen-bond donors (Lipinski definition) is 12. The van der Waals surface area contributed by atoms with Crippen LogP contribution in [0.3, 0.4) is 0 Å². The van der Waals surface area contributed by atoms with E-state index in [1.54, 1.807) is 6.08 Å². The SMILES string of the molecule is CCCCCCCCCCCCCCCCCCCCCC/C=C/C(O)C(COC1OC(CO)C(OC2OC(CO)C(OC3OC(CO)C(O)C(O)C3O)C(O)C2O)C(O)C1O)NC(=O)CCCCCCCC. The molecule has 0 saturated carbocycles. The lowest BCUT2D eigenvalue weighted by molar-refractivity contribution is -0.379. The molecule has 0 aromatic heterocycles. The maximum absolute atomic E-state index is 13.1. The van der Waals surface area contributed by atoms with Gasteiger partial charge in [-0.2, -0.15) is 0 Å². The number of aliphatic hydroxyl groups is 11. The average molecular weight is 1050 g/mol. The normalized spacial score (nSPS) is 31.8. The van der Waals surface area contributed by atoms with Crippen molar-refractivity contribution in [2.24, 2.45) is 0 Å². The molecule has 17 atom stereocenters. The molecule has 0 spiro atoms. The molecule has 19 heteroatoms. The van der Waals surface area contributed by atoms with E-state index in [1.165, 1.54) is 109 Å². The number of carbonyl (C=O) groups is 1. The summed E-state index contributed by atoms with van der Waals surface area (Å²) < 4.78 is 34.1. The predicted octanol–water partition coefficient (Wildman–Crippen LogP) is 3.82. The van der Waals surface area contributed by atoms with E-state index < -0.39 is 124 Å². The fourth-order valence-corrected chi connectivity index (χ4v) is 9.84. The third-order valence-electron chi connectivity index (χ3n) is 14.6. The quantitative estimate of drug-likeness (QED) is 0.0306. The lowest BCUT2D eigenvalue weighted by Gasteiger charge is -2.48. The lowest BCUT2D eigenvalue weighted by Crippen LogP contribution is -2.66. The number of ether oxygens (including phenoxy) is 6. The van der Waals surface area contributed by atoms with E-state index in [4.69, 9.17) is 28.4 Å². The summed E-state index contributed by atoms with van der Waals surface area (Å²) in [5.74, 6) is -0.285. The van der Waals surface area contributed by atoms with Gasteiger partial charge in [0.2, 0.25) is 5.91 Å². The third-order valence-corrected chi connectivity index (χ3v) is 14.6. The van der Waals surface area contributed by atoms with Crippen molar-refractivity contribution in [2.75, 3.05) is 26.4 Å². The van der Waals surface area contributed by atoms with E-state index in [1.807, 2.05) is 6.08 Å². The smallest absolute Gasteiger partial charge is 0.220 e. The number of nitrogens with one attached hydrogen (secondary N) is 1. The molecular formula is C54H101NO18. The first kappa shape index (κ1) is 65.8. The molecule has 0 aliphatic carbocycles. The number of hydrogen-bond acceptors (Lipinski definition) is 18. The standard InChI is InChI=1S/C54H101NO18/c1-3-5-7-9-11-12-13-14-15-16-17-18-19-20-21-22-23-24-25-26-27-29-31-38(59)37(55-42(60)32-30-28-10-8-6-4-2)36-68-52-48(66)45(63)50(40(34-57)70-52)73-54-49(67)46(64)51(41(35-58)71-54)72-53-47(65)44(62)43(61)39(33-56)69-53/h29,31,37-41,43-54,56-59,61-67H,3-28,30,32-36H2,1-2H3,(H,55,60)/b31-29+. The van der Waals surface area contributed by atoms with Gasteiger partial charge in [0.25, 0.3) is 0 Å². The van der Waals surface area contributed by atoms with Crippen LogP contribution in [0.5, 0.6) is 0 Å². The maximum Gasteiger partial charge on any atom is 0.220 e. The van der Waals surface area contributed by atoms with Crippen molar-refractivity contribution < 1.29 is 89.4 Å². The molecule has 430 valence electrons. The second-order valence-electron chi connectivity index (χ2n) is 20.8. The molecule has 1 amide bonds. The van der Waals surface area contributed by atoms with Gasteiger partial charge in [0.15, 0.2) is 18.9 Å². The average Bonchev–Trinajstić information content (AvgIpc) is 3.39. The Bertz CT molecular complexity index is 1400. The van der Waals surface area contributed by atoms with Crippen LogP contribution >= 0.6 is 0 Å². The molecule has 0 bridgehead atoms. The highest BCUT2D eigenvalue weighted by molar-refractivity contribution is 5.76. The van der Waals surface area contributed by atoms with Gasteiger partial charge in [0, 0.05) is 6.42 Å². The van der Waals surface area contributed by atoms with Crippen molar-refractivity contribution >= 4 is 5.91 Å². The third kappa shape index (κ3) is 24.0. The van der Waals surface area contributed by atoms with Gasteiger partial charge >= 0.3 is 0 Å². The number of rotatable bonds is 41. The Kier molecular flexibility index (Phi) is 35.1. The molecule has 12 N–H and O–H groups in total. The van der Waals surface area contributed by atoms with E-state index in [0.717, 1.165) is 57.8 Å². The van der Waals surface area contributed by atoms with E-state index in [0.29, 0.717) is 6.42 Å². The van der Waals surface area contributed by atoms with Gasteiger partial charge in [-0.15, -0.1) is 0 Å². The van der Waals surface area contributed by atoms with Crippen LogP contribution in [0.2, 0.25) is 0 Å². The summed E-state index contributed by atoms with van der Waals surface area (Å²) in [6.45, 7) is 1.64. The fraction of sp³-hybridized carbons (Fsp3) is 0.944. The van der Waals surface area contributed by atoms with Crippen LogP contribution in [0, 0.1) is 0 Å². The van der Waals surface area contributed by atoms with Gasteiger partial charge in [-0.05, 0) is 19.3 Å². The summed E-state index contributed by atoms with van der Waals surface area (Å²) >= 11 is 0. The Morgan fingerprint density at radius 2 is 0.849 bits per heavy atom. The Hall–Kier alpha value is -1.47. The largest absolute Gasteiger partial charge is 0.394 e. The zero-order chi connectivity index (χ0) is 53.4. The number of amides is 1. The molecule has 17 unspecified atom stereocenters. The van der Waals surface area contributed by atoms with Gasteiger partial charge < -0.3 is 89.9 Å². The first-order valence-electron chi connectivity index (χ1n) is 28.4. The molecule has 3 aliphatic rings. The van der Waals surface area contributed by atoms with Crippen molar-refractivity contribution in [3.05, 3.63) is 12.2 Å². The topological polar surface area (TPSA) is 307 Å². The van der Waals surface area contributed by atoms with Crippen molar-refractivity contribution in [1.29, 1.82) is 0 Å². The summed E-state index contributed by atoms with van der Waals surface area (Å²) in [6, 6.07) is -0.964. The minimum absolute atomic E-state index is 0.243. The molecule has 3 rings (SSSR count). The first-order chi connectivity index (χ1) is 35.3. The number of allylic oxidation sites excluding steroid dienone is 1. The van der Waals surface area contributed by atoms with E-state index in [2.05, 4.69) is 19.2 Å². The summed E-state index contributed by atoms with van der Waals surface area (Å²) in [5.41, 5.74) is 0. The number of aliphatic hydroxyl groups excluding tert-OH is 11. The van der Waals surface area contributed by atoms with Gasteiger partial charge in [0.05, 0.1) is 38.6 Å². The van der Waals surface area contributed by atoms with Crippen molar-refractivity contribution in [2.45, 2.75) is 298 Å². The zero-order valence-corrected chi connectivity index (χ0v) is 44.4. The van der Waals surface area contributed by atoms with Gasteiger partial charge in [-0.1, -0.05) is 180 Å². The molecule has 3 fully saturated rings. The highest BCUT2D eigenvalue weighted by Crippen LogP contribution is 2.33. The molecular weight excluding hydrogens is 951 g/mol. The second-order valence-corrected chi connectivity index (χ2v) is 20.8. The van der Waals surface area contributed by atoms with Crippen LogP contribution in [0.1, 0.15) is 194 Å². The van der Waals surface area contributed by atoms with E-state index in [9.17, 15) is 61.0 Å². The van der Waals surface area contributed by atoms with Crippen molar-refractivity contribution in [3.63, 3.8) is 0 Å². The fourth-order valence-electron chi connectivity index (χ4n) is 9.84. The summed E-state index contributed by atoms with van der Waals surface area (Å²) in [4.78, 5) is 13.1. The molecule has 0 radical (unpaired) electrons. The van der Waals surface area contributed by atoms with Gasteiger partial charge in [-0.3, -0.25) is 4.79 Å².